The zero-order chi connectivity index (χ0) is 16.9. The topological polar surface area (TPSA) is 79.2 Å². The molecule has 0 saturated heterocycles. The van der Waals surface area contributed by atoms with Gasteiger partial charge in [0.25, 0.3) is 0 Å². The highest BCUT2D eigenvalue weighted by molar-refractivity contribution is 6.30. The normalized spacial score (nSPS) is 10.4. The first kappa shape index (κ1) is 15.9. The number of amides is 2. The van der Waals surface area contributed by atoms with Crippen molar-refractivity contribution in [2.45, 2.75) is 6.54 Å². The van der Waals surface area contributed by atoms with Gasteiger partial charge in [-0.2, -0.15) is 0 Å². The van der Waals surface area contributed by atoms with Gasteiger partial charge in [-0.3, -0.25) is 0 Å². The Morgan fingerprint density at radius 1 is 1.04 bits per heavy atom. The van der Waals surface area contributed by atoms with Gasteiger partial charge in [-0.15, -0.1) is 0 Å². The number of aromatic hydroxyl groups is 1. The maximum Gasteiger partial charge on any atom is 0.323 e. The van der Waals surface area contributed by atoms with E-state index in [1.807, 2.05) is 24.3 Å². The van der Waals surface area contributed by atoms with Crippen molar-refractivity contribution in [1.29, 1.82) is 0 Å². The summed E-state index contributed by atoms with van der Waals surface area (Å²) in [7, 11) is 0. The Hall–Kier alpha value is -2.99. The molecule has 0 radical (unpaired) electrons. The van der Waals surface area contributed by atoms with Crippen molar-refractivity contribution in [3.63, 3.8) is 0 Å². The number of nitrogens with one attached hydrogen (secondary N) is 2. The average Bonchev–Trinajstić information content (AvgIpc) is 2.96. The van der Waals surface area contributed by atoms with Crippen molar-refractivity contribution in [3.05, 3.63) is 71.6 Å². The first-order valence-electron chi connectivity index (χ1n) is 7.22. The van der Waals surface area contributed by atoms with Gasteiger partial charge in [-0.25, -0.2) is 9.78 Å². The predicted octanol–water partition coefficient (Wildman–Crippen LogP) is 3.93. The second kappa shape index (κ2) is 7.06. The molecule has 0 unspecified atom stereocenters. The van der Waals surface area contributed by atoms with E-state index < -0.39 is 0 Å². The third-order valence-electron chi connectivity index (χ3n) is 3.30. The Bertz CT molecular complexity index is 829. The van der Waals surface area contributed by atoms with Crippen molar-refractivity contribution in [2.75, 3.05) is 10.6 Å². The first-order chi connectivity index (χ1) is 11.6. The molecular formula is C17H15ClN4O2. The number of nitrogens with zero attached hydrogens (tertiary/aromatic N) is 2. The van der Waals surface area contributed by atoms with Crippen LogP contribution in [0.1, 0.15) is 5.56 Å². The maximum absolute atomic E-state index is 12.0. The van der Waals surface area contributed by atoms with Crippen LogP contribution in [0.3, 0.4) is 0 Å². The van der Waals surface area contributed by atoms with Gasteiger partial charge in [0.2, 0.25) is 5.88 Å². The number of benzene rings is 2. The molecule has 3 aromatic rings. The average molecular weight is 343 g/mol. The fourth-order valence-corrected chi connectivity index (χ4v) is 2.29. The van der Waals surface area contributed by atoms with Gasteiger partial charge < -0.3 is 20.3 Å². The lowest BCUT2D eigenvalue weighted by molar-refractivity contribution is 0.262. The summed E-state index contributed by atoms with van der Waals surface area (Å²) in [5.74, 6) is -0.00726. The van der Waals surface area contributed by atoms with Crippen LogP contribution in [0.5, 0.6) is 5.88 Å². The summed E-state index contributed by atoms with van der Waals surface area (Å²) in [4.78, 5) is 15.7. The van der Waals surface area contributed by atoms with Crippen LogP contribution < -0.4 is 10.6 Å². The van der Waals surface area contributed by atoms with Gasteiger partial charge in [-0.1, -0.05) is 23.7 Å². The van der Waals surface area contributed by atoms with Crippen molar-refractivity contribution >= 4 is 29.0 Å². The van der Waals surface area contributed by atoms with E-state index in [2.05, 4.69) is 15.6 Å². The molecule has 3 N–H and O–H groups in total. The Morgan fingerprint density at radius 3 is 2.17 bits per heavy atom. The molecule has 0 bridgehead atoms. The molecule has 0 atom stereocenters. The Balaban J connectivity index is 1.57. The molecule has 0 saturated carbocycles. The van der Waals surface area contributed by atoms with E-state index in [-0.39, 0.29) is 11.9 Å². The summed E-state index contributed by atoms with van der Waals surface area (Å²) in [6.07, 6.45) is 3.10. The molecule has 7 heteroatoms. The predicted molar refractivity (Wildman–Crippen MR) is 93.5 cm³/mol. The number of hydrogen-bond donors (Lipinski definition) is 3. The Labute approximate surface area is 143 Å². The zero-order valence-electron chi connectivity index (χ0n) is 12.6. The monoisotopic (exact) mass is 342 g/mol. The fraction of sp³-hybridized carbons (Fsp3) is 0.0588. The number of carbonyl (C=O) groups excluding carboxylic acids is 1. The zero-order valence-corrected chi connectivity index (χ0v) is 13.4. The molecule has 1 heterocycles. The maximum atomic E-state index is 12.0. The molecule has 122 valence electrons. The molecule has 6 nitrogen and oxygen atoms in total. The molecular weight excluding hydrogens is 328 g/mol. The number of anilines is 2. The van der Waals surface area contributed by atoms with E-state index >= 15 is 0 Å². The minimum absolute atomic E-state index is 0.00726. The molecule has 2 aromatic carbocycles. The molecule has 3 rings (SSSR count). The summed E-state index contributed by atoms with van der Waals surface area (Å²) >= 11 is 5.80. The third-order valence-corrected chi connectivity index (χ3v) is 3.55. The van der Waals surface area contributed by atoms with E-state index in [9.17, 15) is 9.90 Å². The quantitative estimate of drug-likeness (QED) is 0.672. The molecule has 0 aliphatic heterocycles. The number of aromatic nitrogens is 2. The van der Waals surface area contributed by atoms with Crippen LogP contribution >= 0.6 is 11.6 Å². The lowest BCUT2D eigenvalue weighted by atomic mass is 10.2. The molecule has 1 aromatic heterocycles. The largest absolute Gasteiger partial charge is 0.492 e. The summed E-state index contributed by atoms with van der Waals surface area (Å²) in [6.45, 7) is 0.588. The first-order valence-corrected chi connectivity index (χ1v) is 7.59. The smallest absolute Gasteiger partial charge is 0.323 e. The SMILES string of the molecule is O=C(Nc1ccc(Cl)cc1)Nc1ccc(Cn2cnc(O)c2)cc1. The molecule has 0 spiro atoms. The van der Waals surface area contributed by atoms with Crippen LogP contribution in [-0.2, 0) is 6.54 Å². The van der Waals surface area contributed by atoms with Crippen molar-refractivity contribution in [3.8, 4) is 5.88 Å². The van der Waals surface area contributed by atoms with E-state index in [1.54, 1.807) is 41.4 Å². The molecule has 0 aliphatic rings. The van der Waals surface area contributed by atoms with Gasteiger partial charge in [0.15, 0.2) is 0 Å². The molecule has 24 heavy (non-hydrogen) atoms. The van der Waals surface area contributed by atoms with Gasteiger partial charge in [0.1, 0.15) is 0 Å². The summed E-state index contributed by atoms with van der Waals surface area (Å²) in [6, 6.07) is 14.0. The van der Waals surface area contributed by atoms with E-state index in [0.717, 1.165) is 5.56 Å². The minimum Gasteiger partial charge on any atom is -0.492 e. The third kappa shape index (κ3) is 4.27. The second-order valence-electron chi connectivity index (χ2n) is 5.19. The van der Waals surface area contributed by atoms with E-state index in [4.69, 9.17) is 11.6 Å². The standard InChI is InChI=1S/C17H15ClN4O2/c18-13-3-7-15(8-4-13)21-17(24)20-14-5-1-12(2-6-14)9-22-10-16(23)19-11-22/h1-8,10-11,23H,9H2,(H2,20,21,24). The lowest BCUT2D eigenvalue weighted by Gasteiger charge is -2.09. The van der Waals surface area contributed by atoms with Crippen molar-refractivity contribution < 1.29 is 9.90 Å². The number of hydrogen-bond acceptors (Lipinski definition) is 3. The van der Waals surface area contributed by atoms with Gasteiger partial charge in [0.05, 0.1) is 12.5 Å². The van der Waals surface area contributed by atoms with Crippen LogP contribution in [0.15, 0.2) is 61.1 Å². The highest BCUT2D eigenvalue weighted by Crippen LogP contribution is 2.15. The summed E-state index contributed by atoms with van der Waals surface area (Å²) < 4.78 is 1.77. The number of rotatable bonds is 4. The van der Waals surface area contributed by atoms with Crippen molar-refractivity contribution in [2.24, 2.45) is 0 Å². The van der Waals surface area contributed by atoms with Crippen LogP contribution in [0.25, 0.3) is 0 Å². The minimum atomic E-state index is -0.329. The molecule has 2 amide bonds. The molecule has 0 fully saturated rings. The molecule has 0 aliphatic carbocycles. The van der Waals surface area contributed by atoms with Gasteiger partial charge in [-0.05, 0) is 42.0 Å². The van der Waals surface area contributed by atoms with Crippen LogP contribution in [0, 0.1) is 0 Å². The van der Waals surface area contributed by atoms with Crippen LogP contribution in [0.4, 0.5) is 16.2 Å². The summed E-state index contributed by atoms with van der Waals surface area (Å²) in [5, 5.41) is 15.3. The van der Waals surface area contributed by atoms with Gasteiger partial charge in [0, 0.05) is 22.9 Å². The van der Waals surface area contributed by atoms with E-state index in [0.29, 0.717) is 22.9 Å². The van der Waals surface area contributed by atoms with E-state index in [1.165, 1.54) is 0 Å². The van der Waals surface area contributed by atoms with Crippen LogP contribution in [-0.4, -0.2) is 20.7 Å². The number of halogens is 1. The number of carbonyl (C=O) groups is 1. The highest BCUT2D eigenvalue weighted by Gasteiger charge is 2.03. The van der Waals surface area contributed by atoms with Crippen LogP contribution in [0.2, 0.25) is 5.02 Å². The van der Waals surface area contributed by atoms with Gasteiger partial charge >= 0.3 is 6.03 Å². The Morgan fingerprint density at radius 2 is 1.62 bits per heavy atom. The highest BCUT2D eigenvalue weighted by atomic mass is 35.5. The fourth-order valence-electron chi connectivity index (χ4n) is 2.17. The number of imidazole rings is 1. The van der Waals surface area contributed by atoms with Crippen molar-refractivity contribution in [1.82, 2.24) is 9.55 Å². The number of urea groups is 1. The summed E-state index contributed by atoms with van der Waals surface area (Å²) in [5.41, 5.74) is 2.36. The second-order valence-corrected chi connectivity index (χ2v) is 5.62. The lowest BCUT2D eigenvalue weighted by Crippen LogP contribution is -2.19. The Kier molecular flexibility index (Phi) is 4.67.